The van der Waals surface area contributed by atoms with Gasteiger partial charge in [-0.15, -0.1) is 11.8 Å². The number of rotatable bonds is 9. The molecule has 1 atom stereocenters. The molecular formula is C31H30N2O3S. The predicted molar refractivity (Wildman–Crippen MR) is 152 cm³/mol. The Morgan fingerprint density at radius 3 is 2.19 bits per heavy atom. The number of para-hydroxylation sites is 1. The molecule has 0 bridgehead atoms. The number of hydrogen-bond acceptors (Lipinski definition) is 4. The van der Waals surface area contributed by atoms with Crippen molar-refractivity contribution in [1.82, 2.24) is 0 Å². The number of ether oxygens (including phenoxy) is 1. The van der Waals surface area contributed by atoms with Gasteiger partial charge in [-0.3, -0.25) is 9.59 Å². The van der Waals surface area contributed by atoms with E-state index in [2.05, 4.69) is 17.6 Å². The first kappa shape index (κ1) is 26.0. The van der Waals surface area contributed by atoms with Crippen molar-refractivity contribution in [3.05, 3.63) is 119 Å². The van der Waals surface area contributed by atoms with E-state index in [0.29, 0.717) is 17.0 Å². The molecule has 0 spiro atoms. The maximum absolute atomic E-state index is 13.6. The Balaban J connectivity index is 1.50. The zero-order valence-corrected chi connectivity index (χ0v) is 22.0. The van der Waals surface area contributed by atoms with Crippen molar-refractivity contribution in [3.8, 4) is 5.75 Å². The Labute approximate surface area is 222 Å². The molecule has 0 aliphatic rings. The fourth-order valence-electron chi connectivity index (χ4n) is 3.99. The van der Waals surface area contributed by atoms with Gasteiger partial charge >= 0.3 is 0 Å². The number of hydrogen-bond donors (Lipinski definition) is 2. The van der Waals surface area contributed by atoms with E-state index in [9.17, 15) is 9.59 Å². The monoisotopic (exact) mass is 510 g/mol. The maximum Gasteiger partial charge on any atom is 0.255 e. The van der Waals surface area contributed by atoms with Crippen molar-refractivity contribution in [3.63, 3.8) is 0 Å². The molecule has 5 nitrogen and oxygen atoms in total. The van der Waals surface area contributed by atoms with Gasteiger partial charge in [0.15, 0.2) is 0 Å². The summed E-state index contributed by atoms with van der Waals surface area (Å²) in [4.78, 5) is 27.1. The molecule has 0 aliphatic heterocycles. The van der Waals surface area contributed by atoms with Crippen molar-refractivity contribution in [1.29, 1.82) is 0 Å². The molecule has 0 radical (unpaired) electrons. The van der Waals surface area contributed by atoms with Crippen molar-refractivity contribution < 1.29 is 14.3 Å². The van der Waals surface area contributed by atoms with Gasteiger partial charge in [0.1, 0.15) is 11.0 Å². The lowest BCUT2D eigenvalue weighted by Gasteiger charge is -2.20. The smallest absolute Gasteiger partial charge is 0.255 e. The highest BCUT2D eigenvalue weighted by molar-refractivity contribution is 8.00. The number of benzene rings is 4. The molecule has 0 saturated carbocycles. The fraction of sp³-hybridized carbons (Fsp3) is 0.161. The van der Waals surface area contributed by atoms with Crippen LogP contribution in [-0.2, 0) is 11.2 Å². The number of aryl methyl sites for hydroxylation is 2. The fourth-order valence-corrected chi connectivity index (χ4v) is 5.01. The first-order valence-corrected chi connectivity index (χ1v) is 13.0. The second-order valence-corrected chi connectivity index (χ2v) is 9.75. The molecule has 0 aliphatic carbocycles. The van der Waals surface area contributed by atoms with Gasteiger partial charge in [0, 0.05) is 21.8 Å². The number of nitrogens with one attached hydrogen (secondary N) is 2. The summed E-state index contributed by atoms with van der Waals surface area (Å²) in [6, 6.07) is 30.3. The zero-order valence-electron chi connectivity index (χ0n) is 21.2. The van der Waals surface area contributed by atoms with E-state index in [1.807, 2.05) is 79.7 Å². The van der Waals surface area contributed by atoms with Gasteiger partial charge < -0.3 is 15.4 Å². The van der Waals surface area contributed by atoms with Crippen molar-refractivity contribution in [2.24, 2.45) is 0 Å². The number of anilines is 2. The van der Waals surface area contributed by atoms with Gasteiger partial charge in [-0.05, 0) is 78.6 Å². The number of thioether (sulfide) groups is 1. The summed E-state index contributed by atoms with van der Waals surface area (Å²) < 4.78 is 5.15. The van der Waals surface area contributed by atoms with E-state index < -0.39 is 5.25 Å². The molecule has 2 amide bonds. The lowest BCUT2D eigenvalue weighted by molar-refractivity contribution is -0.115. The third kappa shape index (κ3) is 6.60. The maximum atomic E-state index is 13.6. The van der Waals surface area contributed by atoms with Crippen LogP contribution >= 0.6 is 11.8 Å². The third-order valence-corrected chi connectivity index (χ3v) is 7.31. The SMILES string of the molecule is CCc1cccc(C)c1NC(=O)C(Sc1ccc(NC(=O)c2ccc(OC)cc2)cc1)c1ccccc1. The summed E-state index contributed by atoms with van der Waals surface area (Å²) in [6.07, 6.45) is 0.837. The van der Waals surface area contributed by atoms with Crippen LogP contribution in [0.1, 0.15) is 39.2 Å². The molecule has 1 unspecified atom stereocenters. The van der Waals surface area contributed by atoms with E-state index in [-0.39, 0.29) is 11.8 Å². The summed E-state index contributed by atoms with van der Waals surface area (Å²) in [6.45, 7) is 4.10. The molecule has 0 aromatic heterocycles. The second kappa shape index (κ2) is 12.3. The van der Waals surface area contributed by atoms with Gasteiger partial charge in [0.25, 0.3) is 5.91 Å². The Morgan fingerprint density at radius 1 is 0.838 bits per heavy atom. The minimum Gasteiger partial charge on any atom is -0.497 e. The van der Waals surface area contributed by atoms with E-state index in [1.54, 1.807) is 31.4 Å². The lowest BCUT2D eigenvalue weighted by atomic mass is 10.1. The van der Waals surface area contributed by atoms with Crippen LogP contribution in [0.5, 0.6) is 5.75 Å². The summed E-state index contributed by atoms with van der Waals surface area (Å²) in [5.41, 5.74) is 5.19. The van der Waals surface area contributed by atoms with Crippen molar-refractivity contribution >= 4 is 35.0 Å². The molecule has 4 aromatic rings. The summed E-state index contributed by atoms with van der Waals surface area (Å²) in [5, 5.41) is 5.66. The van der Waals surface area contributed by atoms with Crippen LogP contribution < -0.4 is 15.4 Å². The first-order chi connectivity index (χ1) is 18.0. The first-order valence-electron chi connectivity index (χ1n) is 12.1. The van der Waals surface area contributed by atoms with E-state index >= 15 is 0 Å². The Hall–Kier alpha value is -4.03. The van der Waals surface area contributed by atoms with Crippen LogP contribution in [0.3, 0.4) is 0 Å². The van der Waals surface area contributed by atoms with E-state index in [4.69, 9.17) is 4.74 Å². The van der Waals surface area contributed by atoms with Crippen LogP contribution in [0.2, 0.25) is 0 Å². The molecule has 4 rings (SSSR count). The summed E-state index contributed by atoms with van der Waals surface area (Å²) >= 11 is 1.48. The molecule has 6 heteroatoms. The van der Waals surface area contributed by atoms with Crippen molar-refractivity contribution in [2.45, 2.75) is 30.4 Å². The van der Waals surface area contributed by atoms with Crippen LogP contribution in [0.25, 0.3) is 0 Å². The number of carbonyl (C=O) groups excluding carboxylic acids is 2. The average molecular weight is 511 g/mol. The number of methoxy groups -OCH3 is 1. The zero-order chi connectivity index (χ0) is 26.2. The lowest BCUT2D eigenvalue weighted by Crippen LogP contribution is -2.20. The predicted octanol–water partition coefficient (Wildman–Crippen LogP) is 7.29. The highest BCUT2D eigenvalue weighted by Gasteiger charge is 2.23. The molecule has 0 heterocycles. The largest absolute Gasteiger partial charge is 0.497 e. The molecule has 37 heavy (non-hydrogen) atoms. The highest BCUT2D eigenvalue weighted by atomic mass is 32.2. The van der Waals surface area contributed by atoms with Crippen LogP contribution in [0.4, 0.5) is 11.4 Å². The van der Waals surface area contributed by atoms with E-state index in [0.717, 1.165) is 33.7 Å². The van der Waals surface area contributed by atoms with Gasteiger partial charge in [-0.1, -0.05) is 55.5 Å². The highest BCUT2D eigenvalue weighted by Crippen LogP contribution is 2.37. The molecular weight excluding hydrogens is 480 g/mol. The van der Waals surface area contributed by atoms with Crippen LogP contribution in [0.15, 0.2) is 102 Å². The average Bonchev–Trinajstić information content (AvgIpc) is 2.94. The minimum absolute atomic E-state index is 0.0721. The van der Waals surface area contributed by atoms with Gasteiger partial charge in [0.05, 0.1) is 7.11 Å². The van der Waals surface area contributed by atoms with Gasteiger partial charge in [0.2, 0.25) is 5.91 Å². The number of amides is 2. The van der Waals surface area contributed by atoms with E-state index in [1.165, 1.54) is 11.8 Å². The molecule has 0 fully saturated rings. The topological polar surface area (TPSA) is 67.4 Å². The molecule has 4 aromatic carbocycles. The summed E-state index contributed by atoms with van der Waals surface area (Å²) in [5.74, 6) is 0.426. The quantitative estimate of drug-likeness (QED) is 0.232. The second-order valence-electron chi connectivity index (χ2n) is 8.57. The normalized spacial score (nSPS) is 11.4. The Kier molecular flexibility index (Phi) is 8.64. The Bertz CT molecular complexity index is 1350. The van der Waals surface area contributed by atoms with Crippen LogP contribution in [-0.4, -0.2) is 18.9 Å². The minimum atomic E-state index is -0.440. The van der Waals surface area contributed by atoms with Crippen molar-refractivity contribution in [2.75, 3.05) is 17.7 Å². The third-order valence-electron chi connectivity index (χ3n) is 6.05. The molecule has 0 saturated heterocycles. The molecule has 2 N–H and O–H groups in total. The Morgan fingerprint density at radius 2 is 1.54 bits per heavy atom. The summed E-state index contributed by atoms with van der Waals surface area (Å²) in [7, 11) is 1.59. The number of carbonyl (C=O) groups is 2. The standard InChI is InChI=1S/C31H30N2O3S/c1-4-22-12-8-9-21(2)28(22)33-31(35)29(23-10-6-5-7-11-23)37-27-19-15-25(16-20-27)32-30(34)24-13-17-26(36-3)18-14-24/h5-20,29H,4H2,1-3H3,(H,32,34)(H,33,35). The van der Waals surface area contributed by atoms with Gasteiger partial charge in [-0.25, -0.2) is 0 Å². The molecule has 188 valence electrons. The van der Waals surface area contributed by atoms with Crippen LogP contribution in [0, 0.1) is 6.92 Å². The van der Waals surface area contributed by atoms with Gasteiger partial charge in [-0.2, -0.15) is 0 Å².